The highest BCUT2D eigenvalue weighted by molar-refractivity contribution is 5.73. The summed E-state index contributed by atoms with van der Waals surface area (Å²) in [7, 11) is 3.06. The number of hydrogen-bond donors (Lipinski definition) is 0. The van der Waals surface area contributed by atoms with E-state index in [0.717, 1.165) is 12.8 Å². The minimum atomic E-state index is -0.150. The van der Waals surface area contributed by atoms with E-state index in [1.54, 1.807) is 7.11 Å². The van der Waals surface area contributed by atoms with Gasteiger partial charge >= 0.3 is 5.97 Å². The van der Waals surface area contributed by atoms with Crippen molar-refractivity contribution in [2.45, 2.75) is 26.2 Å². The van der Waals surface area contributed by atoms with Crippen molar-refractivity contribution in [2.75, 3.05) is 20.8 Å². The first-order chi connectivity index (χ1) is 7.24. The largest absolute Gasteiger partial charge is 0.469 e. The van der Waals surface area contributed by atoms with E-state index in [-0.39, 0.29) is 11.9 Å². The van der Waals surface area contributed by atoms with E-state index in [2.05, 4.69) is 6.08 Å². The second-order valence-electron chi connectivity index (χ2n) is 3.95. The molecule has 0 spiro atoms. The molecule has 3 nitrogen and oxygen atoms in total. The van der Waals surface area contributed by atoms with E-state index in [1.165, 1.54) is 19.1 Å². The molecule has 15 heavy (non-hydrogen) atoms. The third kappa shape index (κ3) is 2.81. The Morgan fingerprint density at radius 3 is 2.87 bits per heavy atom. The van der Waals surface area contributed by atoms with E-state index in [0.29, 0.717) is 12.5 Å². The van der Waals surface area contributed by atoms with Gasteiger partial charge in [0.25, 0.3) is 0 Å². The molecule has 3 heteroatoms. The van der Waals surface area contributed by atoms with Crippen LogP contribution in [0.15, 0.2) is 11.6 Å². The molecule has 0 aromatic carbocycles. The van der Waals surface area contributed by atoms with Crippen molar-refractivity contribution in [2.24, 2.45) is 11.8 Å². The van der Waals surface area contributed by atoms with Crippen LogP contribution in [-0.4, -0.2) is 26.8 Å². The molecule has 1 fully saturated rings. The number of ether oxygens (including phenoxy) is 2. The predicted molar refractivity (Wildman–Crippen MR) is 58.5 cm³/mol. The third-order valence-electron chi connectivity index (χ3n) is 3.16. The van der Waals surface area contributed by atoms with Gasteiger partial charge in [0, 0.05) is 7.11 Å². The summed E-state index contributed by atoms with van der Waals surface area (Å²) in [6.07, 6.45) is 5.48. The summed E-state index contributed by atoms with van der Waals surface area (Å²) >= 11 is 0. The van der Waals surface area contributed by atoms with Crippen LogP contribution in [0.2, 0.25) is 0 Å². The average molecular weight is 212 g/mol. The standard InChI is InChI=1S/C12H20O3/c1-4-9-6-5-7-10(9)11(8-14-2)12(13)15-3/h4,10-11H,5-8H2,1-3H3/b9-4+/t10-,11?/m0/s1. The summed E-state index contributed by atoms with van der Waals surface area (Å²) in [4.78, 5) is 11.6. The SMILES string of the molecule is C/C=C1\CCC[C@@H]1C(COC)C(=O)OC. The molecule has 0 heterocycles. The summed E-state index contributed by atoms with van der Waals surface area (Å²) in [5.41, 5.74) is 1.38. The van der Waals surface area contributed by atoms with Crippen molar-refractivity contribution in [1.82, 2.24) is 0 Å². The first-order valence-corrected chi connectivity index (χ1v) is 5.46. The number of carbonyl (C=O) groups excluding carboxylic acids is 1. The molecular formula is C12H20O3. The summed E-state index contributed by atoms with van der Waals surface area (Å²) in [6, 6.07) is 0. The summed E-state index contributed by atoms with van der Waals surface area (Å²) in [5.74, 6) is 0.0409. The molecule has 0 aromatic heterocycles. The Morgan fingerprint density at radius 2 is 2.33 bits per heavy atom. The molecule has 86 valence electrons. The molecule has 0 radical (unpaired) electrons. The lowest BCUT2D eigenvalue weighted by molar-refractivity contribution is -0.148. The Balaban J connectivity index is 2.74. The second kappa shape index (κ2) is 5.91. The molecule has 2 atom stereocenters. The third-order valence-corrected chi connectivity index (χ3v) is 3.16. The maximum Gasteiger partial charge on any atom is 0.311 e. The molecule has 1 aliphatic carbocycles. The number of rotatable bonds is 4. The Kier molecular flexibility index (Phi) is 4.82. The van der Waals surface area contributed by atoms with Gasteiger partial charge < -0.3 is 9.47 Å². The normalized spacial score (nSPS) is 25.5. The zero-order chi connectivity index (χ0) is 11.3. The lowest BCUT2D eigenvalue weighted by atomic mass is 9.88. The molecule has 1 saturated carbocycles. The van der Waals surface area contributed by atoms with Crippen LogP contribution in [0.1, 0.15) is 26.2 Å². The van der Waals surface area contributed by atoms with Gasteiger partial charge in [-0.3, -0.25) is 4.79 Å². The first-order valence-electron chi connectivity index (χ1n) is 5.46. The van der Waals surface area contributed by atoms with Crippen molar-refractivity contribution in [1.29, 1.82) is 0 Å². The molecule has 0 N–H and O–H groups in total. The molecule has 0 saturated heterocycles. The second-order valence-corrected chi connectivity index (χ2v) is 3.95. The maximum atomic E-state index is 11.6. The fourth-order valence-corrected chi connectivity index (χ4v) is 2.39. The summed E-state index contributed by atoms with van der Waals surface area (Å²) in [6.45, 7) is 2.49. The lowest BCUT2D eigenvalue weighted by Crippen LogP contribution is -2.28. The van der Waals surface area contributed by atoms with Crippen LogP contribution in [0.5, 0.6) is 0 Å². The van der Waals surface area contributed by atoms with Crippen molar-refractivity contribution in [3.05, 3.63) is 11.6 Å². The number of carbonyl (C=O) groups is 1. The minimum absolute atomic E-state index is 0.131. The van der Waals surface area contributed by atoms with Gasteiger partial charge in [-0.25, -0.2) is 0 Å². The van der Waals surface area contributed by atoms with Crippen LogP contribution in [0.25, 0.3) is 0 Å². The van der Waals surface area contributed by atoms with E-state index in [9.17, 15) is 4.79 Å². The number of esters is 1. The molecule has 1 rings (SSSR count). The van der Waals surface area contributed by atoms with Crippen LogP contribution < -0.4 is 0 Å². The van der Waals surface area contributed by atoms with Gasteiger partial charge in [0.2, 0.25) is 0 Å². The molecule has 0 aliphatic heterocycles. The molecule has 1 unspecified atom stereocenters. The van der Waals surface area contributed by atoms with Crippen LogP contribution in [0.3, 0.4) is 0 Å². The first kappa shape index (κ1) is 12.2. The highest BCUT2D eigenvalue weighted by atomic mass is 16.5. The molecule has 0 aromatic rings. The highest BCUT2D eigenvalue weighted by Gasteiger charge is 2.34. The molecule has 1 aliphatic rings. The Bertz CT molecular complexity index is 245. The smallest absolute Gasteiger partial charge is 0.311 e. The summed E-state index contributed by atoms with van der Waals surface area (Å²) in [5, 5.41) is 0. The summed E-state index contributed by atoms with van der Waals surface area (Å²) < 4.78 is 9.93. The quantitative estimate of drug-likeness (QED) is 0.529. The highest BCUT2D eigenvalue weighted by Crippen LogP contribution is 2.37. The van der Waals surface area contributed by atoms with Crippen molar-refractivity contribution in [3.63, 3.8) is 0 Å². The van der Waals surface area contributed by atoms with Gasteiger partial charge in [-0.05, 0) is 32.1 Å². The predicted octanol–water partition coefficient (Wildman–Crippen LogP) is 2.17. The van der Waals surface area contributed by atoms with Crippen molar-refractivity contribution in [3.8, 4) is 0 Å². The van der Waals surface area contributed by atoms with Gasteiger partial charge in [-0.15, -0.1) is 0 Å². The topological polar surface area (TPSA) is 35.5 Å². The zero-order valence-electron chi connectivity index (χ0n) is 9.79. The monoisotopic (exact) mass is 212 g/mol. The van der Waals surface area contributed by atoms with Gasteiger partial charge in [-0.2, -0.15) is 0 Å². The fourth-order valence-electron chi connectivity index (χ4n) is 2.39. The lowest BCUT2D eigenvalue weighted by Gasteiger charge is -2.21. The van der Waals surface area contributed by atoms with E-state index < -0.39 is 0 Å². The minimum Gasteiger partial charge on any atom is -0.469 e. The van der Waals surface area contributed by atoms with E-state index in [4.69, 9.17) is 9.47 Å². The molecular weight excluding hydrogens is 192 g/mol. The number of methoxy groups -OCH3 is 2. The van der Waals surface area contributed by atoms with Crippen molar-refractivity contribution < 1.29 is 14.3 Å². The van der Waals surface area contributed by atoms with Gasteiger partial charge in [0.1, 0.15) is 0 Å². The average Bonchev–Trinajstić information content (AvgIpc) is 2.72. The van der Waals surface area contributed by atoms with E-state index in [1.807, 2.05) is 6.92 Å². The van der Waals surface area contributed by atoms with Gasteiger partial charge in [-0.1, -0.05) is 11.6 Å². The Hall–Kier alpha value is -0.830. The maximum absolute atomic E-state index is 11.6. The van der Waals surface area contributed by atoms with Crippen molar-refractivity contribution >= 4 is 5.97 Å². The van der Waals surface area contributed by atoms with Crippen LogP contribution >= 0.6 is 0 Å². The molecule has 0 amide bonds. The van der Waals surface area contributed by atoms with Crippen LogP contribution in [0, 0.1) is 11.8 Å². The number of allylic oxidation sites excluding steroid dienone is 2. The zero-order valence-corrected chi connectivity index (χ0v) is 9.79. The Morgan fingerprint density at radius 1 is 1.60 bits per heavy atom. The van der Waals surface area contributed by atoms with E-state index >= 15 is 0 Å². The number of hydrogen-bond acceptors (Lipinski definition) is 3. The van der Waals surface area contributed by atoms with Gasteiger partial charge in [0.05, 0.1) is 19.6 Å². The van der Waals surface area contributed by atoms with Crippen LogP contribution in [0.4, 0.5) is 0 Å². The van der Waals surface area contributed by atoms with Crippen LogP contribution in [-0.2, 0) is 14.3 Å². The van der Waals surface area contributed by atoms with Gasteiger partial charge in [0.15, 0.2) is 0 Å². The molecule has 0 bridgehead atoms. The fraction of sp³-hybridized carbons (Fsp3) is 0.750. The Labute approximate surface area is 91.4 Å².